The molecule has 6 rings (SSSR count). The van der Waals surface area contributed by atoms with Crippen molar-refractivity contribution >= 4 is 55.6 Å². The molecule has 0 aliphatic rings. The van der Waals surface area contributed by atoms with E-state index in [1.807, 2.05) is 0 Å². The summed E-state index contributed by atoms with van der Waals surface area (Å²) in [5.74, 6) is 1.68. The zero-order valence-electron chi connectivity index (χ0n) is 24.3. The maximum atomic E-state index is 2.34. The van der Waals surface area contributed by atoms with Gasteiger partial charge < -0.3 is 0 Å². The highest BCUT2D eigenvalue weighted by molar-refractivity contribution is 7.75. The van der Waals surface area contributed by atoms with Crippen LogP contribution in [0.25, 0.3) is 0 Å². The van der Waals surface area contributed by atoms with Crippen LogP contribution in [-0.2, 0) is 0 Å². The van der Waals surface area contributed by atoms with Crippen LogP contribution in [0, 0.1) is 5.92 Å². The zero-order valence-corrected chi connectivity index (χ0v) is 27.0. The van der Waals surface area contributed by atoms with Crippen LogP contribution in [0.5, 0.6) is 0 Å². The Kier molecular flexibility index (Phi) is 10.6. The van der Waals surface area contributed by atoms with Gasteiger partial charge in [-0.2, -0.15) is 0 Å². The lowest BCUT2D eigenvalue weighted by atomic mass is 10.3. The van der Waals surface area contributed by atoms with Gasteiger partial charge in [0.2, 0.25) is 0 Å². The van der Waals surface area contributed by atoms with Crippen LogP contribution in [-0.4, -0.2) is 18.5 Å². The Morgan fingerprint density at radius 2 is 0.419 bits per heavy atom. The predicted molar refractivity (Wildman–Crippen MR) is 195 cm³/mol. The van der Waals surface area contributed by atoms with Crippen molar-refractivity contribution in [3.05, 3.63) is 188 Å². The second-order valence-corrected chi connectivity index (χ2v) is 17.1. The molecule has 0 aliphatic carbocycles. The third-order valence-electron chi connectivity index (χ3n) is 7.55. The van der Waals surface area contributed by atoms with Gasteiger partial charge in [-0.25, -0.2) is 0 Å². The summed E-state index contributed by atoms with van der Waals surface area (Å²) in [6.45, 7) is 0. The first-order valence-corrected chi connectivity index (χ1v) is 19.4. The Bertz CT molecular complexity index is 1310. The van der Waals surface area contributed by atoms with Gasteiger partial charge in [-0.15, -0.1) is 0 Å². The van der Waals surface area contributed by atoms with E-state index in [9.17, 15) is 0 Å². The van der Waals surface area contributed by atoms with Crippen molar-refractivity contribution in [3.63, 3.8) is 0 Å². The molecule has 6 aromatic rings. The third kappa shape index (κ3) is 7.96. The summed E-state index contributed by atoms with van der Waals surface area (Å²) in [5, 5.41) is 8.72. The predicted octanol–water partition coefficient (Wildman–Crippen LogP) is 7.96. The molecule has 0 amide bonds. The first kappa shape index (κ1) is 29.7. The molecular formula is C40H36P3. The highest BCUT2D eigenvalue weighted by atomic mass is 31.1. The minimum Gasteiger partial charge on any atom is -0.0622 e. The Balaban J connectivity index is 1.43. The first-order valence-electron chi connectivity index (χ1n) is 14.8. The van der Waals surface area contributed by atoms with E-state index >= 15 is 0 Å². The summed E-state index contributed by atoms with van der Waals surface area (Å²) < 4.78 is 0. The fourth-order valence-corrected chi connectivity index (χ4v) is 13.2. The minimum atomic E-state index is -0.543. The monoisotopic (exact) mass is 609 g/mol. The molecule has 0 saturated carbocycles. The molecule has 43 heavy (non-hydrogen) atoms. The molecule has 0 unspecified atom stereocenters. The Labute approximate surface area is 261 Å². The van der Waals surface area contributed by atoms with Crippen LogP contribution in [0.1, 0.15) is 0 Å². The average Bonchev–Trinajstić information content (AvgIpc) is 3.10. The van der Waals surface area contributed by atoms with Gasteiger partial charge >= 0.3 is 0 Å². The van der Waals surface area contributed by atoms with Gasteiger partial charge in [0.1, 0.15) is 0 Å². The summed E-state index contributed by atoms with van der Waals surface area (Å²) in [4.78, 5) is 0. The zero-order chi connectivity index (χ0) is 29.1. The molecular weight excluding hydrogens is 573 g/mol. The third-order valence-corrected chi connectivity index (χ3v) is 15.4. The molecule has 0 nitrogen and oxygen atoms in total. The van der Waals surface area contributed by atoms with Gasteiger partial charge in [-0.1, -0.05) is 182 Å². The van der Waals surface area contributed by atoms with E-state index in [1.54, 1.807) is 5.92 Å². The quantitative estimate of drug-likeness (QED) is 0.124. The van der Waals surface area contributed by atoms with Crippen molar-refractivity contribution in [1.82, 2.24) is 0 Å². The minimum absolute atomic E-state index is 0.543. The summed E-state index contributed by atoms with van der Waals surface area (Å²) >= 11 is 0. The smallest absolute Gasteiger partial charge is 0.00945 e. The van der Waals surface area contributed by atoms with Gasteiger partial charge in [-0.3, -0.25) is 0 Å². The average molecular weight is 610 g/mol. The summed E-state index contributed by atoms with van der Waals surface area (Å²) in [6, 6.07) is 67.3. The molecule has 3 heteroatoms. The van der Waals surface area contributed by atoms with Crippen LogP contribution < -0.4 is 31.8 Å². The number of hydrogen-bond acceptors (Lipinski definition) is 0. The molecule has 0 N–H and O–H groups in total. The highest BCUT2D eigenvalue weighted by Gasteiger charge is 2.28. The molecule has 0 aliphatic heterocycles. The normalized spacial score (nSPS) is 11.4. The fourth-order valence-electron chi connectivity index (χ4n) is 5.46. The Morgan fingerprint density at radius 3 is 0.581 bits per heavy atom. The Morgan fingerprint density at radius 1 is 0.256 bits per heavy atom. The van der Waals surface area contributed by atoms with Crippen molar-refractivity contribution in [3.8, 4) is 0 Å². The Hall–Kier alpha value is -3.39. The van der Waals surface area contributed by atoms with Crippen molar-refractivity contribution in [2.45, 2.75) is 0 Å². The van der Waals surface area contributed by atoms with Crippen LogP contribution in [0.3, 0.4) is 0 Å². The van der Waals surface area contributed by atoms with E-state index in [4.69, 9.17) is 0 Å². The highest BCUT2D eigenvalue weighted by Crippen LogP contribution is 2.47. The summed E-state index contributed by atoms with van der Waals surface area (Å²) in [5.41, 5.74) is 0. The van der Waals surface area contributed by atoms with Crippen LogP contribution in [0.15, 0.2) is 182 Å². The van der Waals surface area contributed by atoms with E-state index in [1.165, 1.54) is 31.8 Å². The van der Waals surface area contributed by atoms with Gasteiger partial charge in [-0.05, 0) is 80.0 Å². The van der Waals surface area contributed by atoms with Crippen LogP contribution >= 0.6 is 23.8 Å². The van der Waals surface area contributed by atoms with Crippen molar-refractivity contribution in [1.29, 1.82) is 0 Å². The SMILES string of the molecule is c1ccc(P(C[C](CP(c2ccccc2)c2ccccc2)CP(c2ccccc2)c2ccccc2)c2ccccc2)cc1. The van der Waals surface area contributed by atoms with Crippen LogP contribution in [0.4, 0.5) is 0 Å². The van der Waals surface area contributed by atoms with Gasteiger partial charge in [0, 0.05) is 0 Å². The summed E-state index contributed by atoms with van der Waals surface area (Å²) in [7, 11) is -1.63. The van der Waals surface area contributed by atoms with E-state index in [0.717, 1.165) is 18.5 Å². The molecule has 0 fully saturated rings. The number of benzene rings is 6. The van der Waals surface area contributed by atoms with Gasteiger partial charge in [0.25, 0.3) is 0 Å². The van der Waals surface area contributed by atoms with E-state index in [0.29, 0.717) is 0 Å². The number of rotatable bonds is 12. The second-order valence-electron chi connectivity index (χ2n) is 10.5. The largest absolute Gasteiger partial charge is 0.0622 e. The topological polar surface area (TPSA) is 0 Å². The fraction of sp³-hybridized carbons (Fsp3) is 0.0750. The van der Waals surface area contributed by atoms with E-state index in [-0.39, 0.29) is 0 Å². The lowest BCUT2D eigenvalue weighted by molar-refractivity contribution is 1.13. The maximum absolute atomic E-state index is 2.34. The van der Waals surface area contributed by atoms with E-state index in [2.05, 4.69) is 182 Å². The lowest BCUT2D eigenvalue weighted by Gasteiger charge is -2.31. The molecule has 0 bridgehead atoms. The molecule has 211 valence electrons. The lowest BCUT2D eigenvalue weighted by Crippen LogP contribution is -2.27. The number of hydrogen-bond donors (Lipinski definition) is 0. The van der Waals surface area contributed by atoms with Crippen molar-refractivity contribution in [2.24, 2.45) is 0 Å². The second kappa shape index (κ2) is 15.4. The molecule has 0 heterocycles. The molecule has 0 atom stereocenters. The van der Waals surface area contributed by atoms with Gasteiger partial charge in [0.05, 0.1) is 0 Å². The molecule has 1 radical (unpaired) electrons. The van der Waals surface area contributed by atoms with Crippen molar-refractivity contribution < 1.29 is 0 Å². The molecule has 0 saturated heterocycles. The first-order chi connectivity index (χ1) is 21.3. The van der Waals surface area contributed by atoms with Crippen molar-refractivity contribution in [2.75, 3.05) is 18.5 Å². The maximum Gasteiger partial charge on any atom is -0.00945 e. The standard InChI is InChI=1S/C40H36P3/c1-7-19-35(20-8-1)41(36-21-9-2-10-22-36)31-34(32-42(37-23-11-3-12-24-37)38-25-13-4-14-26-38)33-43(39-27-15-5-16-28-39)40-29-17-6-18-30-40/h1-30H,31-33H2. The molecule has 0 spiro atoms. The molecule has 6 aromatic carbocycles. The molecule has 0 aromatic heterocycles. The van der Waals surface area contributed by atoms with E-state index < -0.39 is 23.8 Å². The summed E-state index contributed by atoms with van der Waals surface area (Å²) in [6.07, 6.45) is 3.29. The van der Waals surface area contributed by atoms with Crippen LogP contribution in [0.2, 0.25) is 0 Å². The van der Waals surface area contributed by atoms with Gasteiger partial charge in [0.15, 0.2) is 0 Å².